The predicted octanol–water partition coefficient (Wildman–Crippen LogP) is 4.08. The van der Waals surface area contributed by atoms with Crippen LogP contribution < -0.4 is 9.46 Å². The SMILES string of the molecule is COc1ccc(-c2cc(C)no2)cc1S(=O)(=O)Nc1c(C)cccc1C. The molecule has 0 amide bonds. The fourth-order valence-corrected chi connectivity index (χ4v) is 4.10. The van der Waals surface area contributed by atoms with Gasteiger partial charge in [0.2, 0.25) is 0 Å². The lowest BCUT2D eigenvalue weighted by molar-refractivity contribution is 0.402. The van der Waals surface area contributed by atoms with Gasteiger partial charge in [-0.3, -0.25) is 4.72 Å². The molecule has 7 heteroatoms. The molecule has 1 heterocycles. The minimum atomic E-state index is -3.86. The van der Waals surface area contributed by atoms with E-state index in [9.17, 15) is 8.42 Å². The number of aromatic nitrogens is 1. The lowest BCUT2D eigenvalue weighted by Crippen LogP contribution is -2.15. The van der Waals surface area contributed by atoms with Gasteiger partial charge in [0, 0.05) is 11.6 Å². The molecule has 3 aromatic rings. The number of ether oxygens (including phenoxy) is 1. The highest BCUT2D eigenvalue weighted by atomic mass is 32.2. The van der Waals surface area contributed by atoms with Crippen LogP contribution in [0.15, 0.2) is 51.9 Å². The van der Waals surface area contributed by atoms with Crippen LogP contribution >= 0.6 is 0 Å². The Labute approximate surface area is 152 Å². The van der Waals surface area contributed by atoms with E-state index in [1.165, 1.54) is 13.2 Å². The Kier molecular flexibility index (Phi) is 4.73. The molecule has 136 valence electrons. The van der Waals surface area contributed by atoms with Crippen molar-refractivity contribution < 1.29 is 17.7 Å². The van der Waals surface area contributed by atoms with E-state index in [2.05, 4.69) is 9.88 Å². The van der Waals surface area contributed by atoms with Crippen LogP contribution in [0.1, 0.15) is 16.8 Å². The fourth-order valence-electron chi connectivity index (χ4n) is 2.70. The first kappa shape index (κ1) is 18.0. The monoisotopic (exact) mass is 372 g/mol. The smallest absolute Gasteiger partial charge is 0.265 e. The summed E-state index contributed by atoms with van der Waals surface area (Å²) >= 11 is 0. The average Bonchev–Trinajstić information content (AvgIpc) is 3.04. The highest BCUT2D eigenvalue weighted by Gasteiger charge is 2.22. The number of nitrogens with zero attached hydrogens (tertiary/aromatic N) is 1. The zero-order valence-electron chi connectivity index (χ0n) is 15.0. The summed E-state index contributed by atoms with van der Waals surface area (Å²) in [6.07, 6.45) is 0. The summed E-state index contributed by atoms with van der Waals surface area (Å²) in [6, 6.07) is 12.2. The zero-order chi connectivity index (χ0) is 18.9. The molecule has 3 rings (SSSR count). The van der Waals surface area contributed by atoms with Crippen LogP contribution in [0.4, 0.5) is 5.69 Å². The van der Waals surface area contributed by atoms with Gasteiger partial charge in [0.15, 0.2) is 5.76 Å². The topological polar surface area (TPSA) is 81.4 Å². The van der Waals surface area contributed by atoms with Crippen molar-refractivity contribution in [3.8, 4) is 17.1 Å². The van der Waals surface area contributed by atoms with E-state index < -0.39 is 10.0 Å². The van der Waals surface area contributed by atoms with Gasteiger partial charge in [-0.15, -0.1) is 0 Å². The molecular weight excluding hydrogens is 352 g/mol. The standard InChI is InChI=1S/C19H20N2O4S/c1-12-6-5-7-13(2)19(12)21-26(22,23)18-11-15(8-9-16(18)24-4)17-10-14(3)20-25-17/h5-11,21H,1-4H3. The summed E-state index contributed by atoms with van der Waals surface area (Å²) in [7, 11) is -2.43. The Bertz CT molecular complexity index is 1030. The molecule has 0 unspecified atom stereocenters. The van der Waals surface area contributed by atoms with Crippen molar-refractivity contribution in [2.75, 3.05) is 11.8 Å². The summed E-state index contributed by atoms with van der Waals surface area (Å²) in [4.78, 5) is 0.0363. The molecule has 0 aliphatic carbocycles. The molecule has 6 nitrogen and oxygen atoms in total. The Hall–Kier alpha value is -2.80. The summed E-state index contributed by atoms with van der Waals surface area (Å²) in [6.45, 7) is 5.52. The summed E-state index contributed by atoms with van der Waals surface area (Å²) in [5.41, 5.74) is 3.57. The third-order valence-corrected chi connectivity index (χ3v) is 5.45. The van der Waals surface area contributed by atoms with E-state index in [-0.39, 0.29) is 10.6 Å². The van der Waals surface area contributed by atoms with Crippen LogP contribution in [0.3, 0.4) is 0 Å². The number of nitrogens with one attached hydrogen (secondary N) is 1. The first-order valence-electron chi connectivity index (χ1n) is 8.02. The Balaban J connectivity index is 2.08. The number of methoxy groups -OCH3 is 1. The first-order chi connectivity index (χ1) is 12.3. The van der Waals surface area contributed by atoms with Crippen LogP contribution in [0.2, 0.25) is 0 Å². The van der Waals surface area contributed by atoms with E-state index in [4.69, 9.17) is 9.26 Å². The number of aryl methyl sites for hydroxylation is 3. The first-order valence-corrected chi connectivity index (χ1v) is 9.51. The molecule has 0 atom stereocenters. The molecule has 0 spiro atoms. The molecule has 0 saturated carbocycles. The average molecular weight is 372 g/mol. The van der Waals surface area contributed by atoms with Crippen LogP contribution in [0, 0.1) is 20.8 Å². The lowest BCUT2D eigenvalue weighted by Gasteiger charge is -2.15. The highest BCUT2D eigenvalue weighted by molar-refractivity contribution is 7.92. The molecule has 0 bridgehead atoms. The lowest BCUT2D eigenvalue weighted by atomic mass is 10.1. The number of benzene rings is 2. The second kappa shape index (κ2) is 6.84. The molecule has 0 saturated heterocycles. The van der Waals surface area contributed by atoms with Gasteiger partial charge in [0.05, 0.1) is 18.5 Å². The minimum absolute atomic E-state index is 0.0363. The van der Waals surface area contributed by atoms with E-state index in [1.807, 2.05) is 32.0 Å². The molecule has 0 radical (unpaired) electrons. The van der Waals surface area contributed by atoms with Crippen molar-refractivity contribution in [3.05, 3.63) is 59.3 Å². The van der Waals surface area contributed by atoms with Crippen molar-refractivity contribution >= 4 is 15.7 Å². The predicted molar refractivity (Wildman–Crippen MR) is 100.0 cm³/mol. The number of hydrogen-bond donors (Lipinski definition) is 1. The zero-order valence-corrected chi connectivity index (χ0v) is 15.8. The molecule has 1 N–H and O–H groups in total. The Morgan fingerprint density at radius 1 is 1.04 bits per heavy atom. The summed E-state index contributed by atoms with van der Waals surface area (Å²) in [5.74, 6) is 0.748. The van der Waals surface area contributed by atoms with E-state index >= 15 is 0 Å². The third kappa shape index (κ3) is 3.43. The minimum Gasteiger partial charge on any atom is -0.495 e. The van der Waals surface area contributed by atoms with Gasteiger partial charge in [0.1, 0.15) is 10.6 Å². The maximum atomic E-state index is 13.0. The molecule has 2 aromatic carbocycles. The van der Waals surface area contributed by atoms with E-state index in [0.29, 0.717) is 22.7 Å². The third-order valence-electron chi connectivity index (χ3n) is 4.08. The molecule has 0 aliphatic heterocycles. The number of hydrogen-bond acceptors (Lipinski definition) is 5. The normalized spacial score (nSPS) is 11.4. The number of sulfonamides is 1. The van der Waals surface area contributed by atoms with Crippen LogP contribution in [-0.4, -0.2) is 20.7 Å². The maximum Gasteiger partial charge on any atom is 0.265 e. The molecule has 0 aliphatic rings. The number of para-hydroxylation sites is 1. The van der Waals surface area contributed by atoms with Crippen molar-refractivity contribution in [2.45, 2.75) is 25.7 Å². The maximum absolute atomic E-state index is 13.0. The highest BCUT2D eigenvalue weighted by Crippen LogP contribution is 2.32. The van der Waals surface area contributed by atoms with Crippen LogP contribution in [0.25, 0.3) is 11.3 Å². The molecule has 26 heavy (non-hydrogen) atoms. The number of rotatable bonds is 5. The number of anilines is 1. The fraction of sp³-hybridized carbons (Fsp3) is 0.211. The Morgan fingerprint density at radius 2 is 1.73 bits per heavy atom. The van der Waals surface area contributed by atoms with Crippen LogP contribution in [-0.2, 0) is 10.0 Å². The van der Waals surface area contributed by atoms with Gasteiger partial charge < -0.3 is 9.26 Å². The molecular formula is C19H20N2O4S. The van der Waals surface area contributed by atoms with Crippen molar-refractivity contribution in [1.29, 1.82) is 0 Å². The van der Waals surface area contributed by atoms with E-state index in [0.717, 1.165) is 11.1 Å². The second-order valence-corrected chi connectivity index (χ2v) is 7.72. The van der Waals surface area contributed by atoms with Gasteiger partial charge in [-0.2, -0.15) is 0 Å². The van der Waals surface area contributed by atoms with Crippen molar-refractivity contribution in [1.82, 2.24) is 5.16 Å². The quantitative estimate of drug-likeness (QED) is 0.730. The Morgan fingerprint density at radius 3 is 2.31 bits per heavy atom. The molecule has 1 aromatic heterocycles. The van der Waals surface area contributed by atoms with Gasteiger partial charge in [-0.1, -0.05) is 23.4 Å². The second-order valence-electron chi connectivity index (χ2n) is 6.07. The van der Waals surface area contributed by atoms with Gasteiger partial charge >= 0.3 is 0 Å². The van der Waals surface area contributed by atoms with E-state index in [1.54, 1.807) is 25.1 Å². The van der Waals surface area contributed by atoms with Crippen molar-refractivity contribution in [3.63, 3.8) is 0 Å². The summed E-state index contributed by atoms with van der Waals surface area (Å²) < 4.78 is 39.3. The van der Waals surface area contributed by atoms with Crippen molar-refractivity contribution in [2.24, 2.45) is 0 Å². The van der Waals surface area contributed by atoms with Crippen LogP contribution in [0.5, 0.6) is 5.75 Å². The largest absolute Gasteiger partial charge is 0.495 e. The molecule has 0 fully saturated rings. The van der Waals surface area contributed by atoms with Gasteiger partial charge in [-0.05, 0) is 50.1 Å². The van der Waals surface area contributed by atoms with Gasteiger partial charge in [-0.25, -0.2) is 8.42 Å². The summed E-state index contributed by atoms with van der Waals surface area (Å²) in [5, 5.41) is 3.85. The van der Waals surface area contributed by atoms with Gasteiger partial charge in [0.25, 0.3) is 10.0 Å².